The number of carboxylic acids is 3. The first kappa shape index (κ1) is 76.3. The van der Waals surface area contributed by atoms with Gasteiger partial charge in [0.2, 0.25) is 0 Å². The van der Waals surface area contributed by atoms with Gasteiger partial charge in [0.1, 0.15) is 29.9 Å². The van der Waals surface area contributed by atoms with Gasteiger partial charge in [-0.1, -0.05) is 100 Å². The van der Waals surface area contributed by atoms with Gasteiger partial charge >= 0.3 is 17.9 Å². The fraction of sp³-hybridized carbons (Fsp3) is 0.745. The maximum absolute atomic E-state index is 11.4. The molecule has 0 amide bonds. The van der Waals surface area contributed by atoms with Gasteiger partial charge in [-0.05, 0) is 138 Å². The van der Waals surface area contributed by atoms with Crippen LogP contribution in [0.3, 0.4) is 0 Å². The van der Waals surface area contributed by atoms with Gasteiger partial charge in [-0.3, -0.25) is 38.4 Å². The molecule has 5 unspecified atom stereocenters. The molecule has 1 rings (SSSR count). The third-order valence-corrected chi connectivity index (χ3v) is 9.31. The minimum absolute atomic E-state index is 0. The van der Waals surface area contributed by atoms with Crippen molar-refractivity contribution in [3.8, 4) is 0 Å². The van der Waals surface area contributed by atoms with E-state index in [1.807, 2.05) is 78.8 Å². The second-order valence-electron chi connectivity index (χ2n) is 19.9. The molecule has 3 N–H and O–H groups in total. The van der Waals surface area contributed by atoms with E-state index in [0.29, 0.717) is 35.9 Å². The zero-order valence-corrected chi connectivity index (χ0v) is 46.0. The quantitative estimate of drug-likeness (QED) is 0.0829. The molecule has 0 fully saturated rings. The summed E-state index contributed by atoms with van der Waals surface area (Å²) in [4.78, 5) is 85.7. The van der Waals surface area contributed by atoms with E-state index in [1.165, 1.54) is 20.8 Å². The molecule has 1 aromatic carbocycles. The van der Waals surface area contributed by atoms with E-state index in [1.54, 1.807) is 34.6 Å². The number of hydrogen-bond acceptors (Lipinski definition) is 11. The average Bonchev–Trinajstić information content (AvgIpc) is 3.16. The summed E-state index contributed by atoms with van der Waals surface area (Å²) in [5.41, 5.74) is 0.925. The van der Waals surface area contributed by atoms with Gasteiger partial charge in [0.25, 0.3) is 0 Å². The maximum atomic E-state index is 11.4. The predicted molar refractivity (Wildman–Crippen MR) is 277 cm³/mol. The van der Waals surface area contributed by atoms with Crippen molar-refractivity contribution in [1.29, 1.82) is 0 Å². The lowest BCUT2D eigenvalue weighted by Crippen LogP contribution is -2.27. The topological polar surface area (TPSA) is 225 Å². The van der Waals surface area contributed by atoms with Gasteiger partial charge in [-0.25, -0.2) is 0 Å². The zero-order valence-electron chi connectivity index (χ0n) is 46.0. The fourth-order valence-electron chi connectivity index (χ4n) is 6.07. The van der Waals surface area contributed by atoms with Crippen molar-refractivity contribution in [3.05, 3.63) is 35.9 Å². The third kappa shape index (κ3) is 53.1. The number of rotatable bonds is 25. The molecule has 0 bridgehead atoms. The highest BCUT2D eigenvalue weighted by molar-refractivity contribution is 5.85. The van der Waals surface area contributed by atoms with Gasteiger partial charge < -0.3 is 29.5 Å². The molecule has 0 saturated carbocycles. The van der Waals surface area contributed by atoms with E-state index in [-0.39, 0.29) is 85.6 Å². The van der Waals surface area contributed by atoms with E-state index in [4.69, 9.17) is 29.5 Å². The lowest BCUT2D eigenvalue weighted by atomic mass is 9.90. The molecule has 0 radical (unpaired) electrons. The van der Waals surface area contributed by atoms with E-state index in [2.05, 4.69) is 41.5 Å². The maximum Gasteiger partial charge on any atom is 0.306 e. The molecule has 0 aliphatic rings. The summed E-state index contributed by atoms with van der Waals surface area (Å²) in [6.45, 7) is 39.0. The molecule has 404 valence electrons. The lowest BCUT2D eigenvalue weighted by molar-refractivity contribution is -0.146. The number of Topliss-reactive ketones (excluding diaryl/α,β-unsaturated/α-hetero) is 5. The van der Waals surface area contributed by atoms with E-state index >= 15 is 0 Å². The summed E-state index contributed by atoms with van der Waals surface area (Å²) in [5, 5.41) is 25.8. The van der Waals surface area contributed by atoms with Gasteiger partial charge in [0, 0.05) is 11.8 Å². The van der Waals surface area contributed by atoms with Crippen LogP contribution in [0.5, 0.6) is 0 Å². The van der Waals surface area contributed by atoms with Crippen LogP contribution in [0.4, 0.5) is 0 Å². The molecular formula is C55H100O14. The Kier molecular flexibility index (Phi) is 48.5. The van der Waals surface area contributed by atoms with Crippen LogP contribution in [-0.4, -0.2) is 92.7 Å². The number of carbonyl (C=O) groups is 8. The molecule has 14 heteroatoms. The van der Waals surface area contributed by atoms with Crippen molar-refractivity contribution in [1.82, 2.24) is 0 Å². The Morgan fingerprint density at radius 2 is 0.812 bits per heavy atom. The Morgan fingerprint density at radius 1 is 0.435 bits per heavy atom. The fourth-order valence-corrected chi connectivity index (χ4v) is 6.07. The highest BCUT2D eigenvalue weighted by Crippen LogP contribution is 2.21. The highest BCUT2D eigenvalue weighted by Gasteiger charge is 2.22. The summed E-state index contributed by atoms with van der Waals surface area (Å²) in [6.07, 6.45) is 1.61. The summed E-state index contributed by atoms with van der Waals surface area (Å²) >= 11 is 0. The van der Waals surface area contributed by atoms with Gasteiger partial charge in [0.05, 0.1) is 37.1 Å². The second-order valence-corrected chi connectivity index (χ2v) is 19.9. The minimum Gasteiger partial charge on any atom is -0.481 e. The standard InChI is InChI=1S/C12H16O2.C10H20O2.C9H16O3.C8H14O4.C8H16O.C7H14O2.CH4/c1-9(2)14-12(10(3)13)11-7-5-4-6-8-11;1-7(2)5-9(10(11)12)6-8(3)4;1-6(2)4-8(7(3)10)5-9(11)12;1-5(2)12-7(6(3)9)4-8(10)11;1-6(2)5-7(3)8(4)9;1-5(2)9-7(4)6(3)8;/h4-9,12H,1-3H3;7-9H,5-6H2,1-4H3,(H,11,12);6,8H,4-5H2,1-3H3,(H,11,12);5,7H,4H2,1-3H3,(H,10,11);6-7H,5H2,1-4H3;5,7H,1-4H3;1H4. The van der Waals surface area contributed by atoms with E-state index in [0.717, 1.165) is 24.8 Å². The highest BCUT2D eigenvalue weighted by atomic mass is 16.5. The Balaban J connectivity index is -0.000000173. The molecule has 69 heavy (non-hydrogen) atoms. The first-order chi connectivity index (χ1) is 31.0. The van der Waals surface area contributed by atoms with Crippen LogP contribution < -0.4 is 0 Å². The van der Waals surface area contributed by atoms with Crippen LogP contribution in [0.2, 0.25) is 0 Å². The average molecular weight is 985 g/mol. The Labute approximate surface area is 418 Å². The van der Waals surface area contributed by atoms with Crippen LogP contribution in [0.15, 0.2) is 30.3 Å². The molecule has 1 aromatic rings. The normalized spacial score (nSPS) is 12.8. The summed E-state index contributed by atoms with van der Waals surface area (Å²) in [5.74, 6) is -0.604. The van der Waals surface area contributed by atoms with Crippen LogP contribution in [0, 0.1) is 41.4 Å². The van der Waals surface area contributed by atoms with Crippen LogP contribution in [0.25, 0.3) is 0 Å². The van der Waals surface area contributed by atoms with E-state index in [9.17, 15) is 38.4 Å². The number of carbonyl (C=O) groups excluding carboxylic acids is 5. The lowest BCUT2D eigenvalue weighted by Gasteiger charge is -2.17. The molecule has 0 heterocycles. The summed E-state index contributed by atoms with van der Waals surface area (Å²) < 4.78 is 15.8. The first-order valence-corrected chi connectivity index (χ1v) is 24.2. The number of ether oxygens (including phenoxy) is 3. The third-order valence-electron chi connectivity index (χ3n) is 9.31. The Hall–Kier alpha value is -4.14. The molecule has 0 aliphatic carbocycles. The van der Waals surface area contributed by atoms with Crippen molar-refractivity contribution < 1.29 is 67.9 Å². The van der Waals surface area contributed by atoms with Crippen LogP contribution in [0.1, 0.15) is 203 Å². The van der Waals surface area contributed by atoms with Gasteiger partial charge in [0.15, 0.2) is 17.3 Å². The number of ketones is 5. The van der Waals surface area contributed by atoms with Gasteiger partial charge in [-0.2, -0.15) is 0 Å². The Bertz CT molecular complexity index is 1470. The second kappa shape index (κ2) is 43.8. The molecule has 5 atom stereocenters. The minimum atomic E-state index is -1.02. The van der Waals surface area contributed by atoms with Crippen molar-refractivity contribution in [3.63, 3.8) is 0 Å². The van der Waals surface area contributed by atoms with Gasteiger partial charge in [-0.15, -0.1) is 0 Å². The number of carboxylic acid groups (broad SMARTS) is 3. The van der Waals surface area contributed by atoms with Crippen molar-refractivity contribution in [2.45, 2.75) is 228 Å². The monoisotopic (exact) mass is 985 g/mol. The van der Waals surface area contributed by atoms with Crippen molar-refractivity contribution >= 4 is 46.8 Å². The van der Waals surface area contributed by atoms with Crippen LogP contribution in [-0.2, 0) is 52.6 Å². The molecule has 0 spiro atoms. The smallest absolute Gasteiger partial charge is 0.306 e. The molecule has 0 aromatic heterocycles. The summed E-state index contributed by atoms with van der Waals surface area (Å²) in [6, 6.07) is 9.57. The SMILES string of the molecule is C.CC(=O)C(C)CC(C)C.CC(=O)C(C)OC(C)C.CC(=O)C(CC(=O)O)CC(C)C.CC(=O)C(CC(=O)O)OC(C)C.CC(=O)C(OC(C)C)c1ccccc1.CC(C)CC(CC(C)C)C(=O)O. The predicted octanol–water partition coefficient (Wildman–Crippen LogP) is 12.4. The summed E-state index contributed by atoms with van der Waals surface area (Å²) in [7, 11) is 0. The number of hydrogen-bond donors (Lipinski definition) is 3. The molecule has 0 saturated heterocycles. The molecular weight excluding hydrogens is 885 g/mol. The molecule has 14 nitrogen and oxygen atoms in total. The number of aliphatic carboxylic acids is 3. The molecule has 0 aliphatic heterocycles. The zero-order chi connectivity index (χ0) is 54.6. The Morgan fingerprint density at radius 3 is 1.04 bits per heavy atom. The van der Waals surface area contributed by atoms with Crippen molar-refractivity contribution in [2.75, 3.05) is 0 Å². The largest absolute Gasteiger partial charge is 0.481 e. The van der Waals surface area contributed by atoms with E-state index < -0.39 is 30.1 Å². The van der Waals surface area contributed by atoms with Crippen molar-refractivity contribution in [2.24, 2.45) is 41.4 Å². The van der Waals surface area contributed by atoms with Crippen LogP contribution >= 0.6 is 0 Å². The number of benzene rings is 1. The first-order valence-electron chi connectivity index (χ1n) is 24.2.